The number of amides is 1. The third kappa shape index (κ3) is 3.91. The molecule has 25 heavy (non-hydrogen) atoms. The number of hydrogen-bond acceptors (Lipinski definition) is 2. The molecule has 0 aliphatic carbocycles. The third-order valence-corrected chi connectivity index (χ3v) is 3.80. The summed E-state index contributed by atoms with van der Waals surface area (Å²) >= 11 is 0. The van der Waals surface area contributed by atoms with Gasteiger partial charge in [0.2, 0.25) is 0 Å². The van der Waals surface area contributed by atoms with Crippen LogP contribution in [-0.4, -0.2) is 15.7 Å². The first kappa shape index (κ1) is 16.8. The Labute approximate surface area is 144 Å². The Balaban J connectivity index is 1.78. The van der Waals surface area contributed by atoms with Gasteiger partial charge in [0, 0.05) is 18.7 Å². The molecule has 0 saturated heterocycles. The Hall–Kier alpha value is -3.02. The number of nitrogens with one attached hydrogen (secondary N) is 1. The molecule has 4 nitrogen and oxygen atoms in total. The summed E-state index contributed by atoms with van der Waals surface area (Å²) in [6.07, 6.45) is 0. The van der Waals surface area contributed by atoms with Crippen LogP contribution in [0.5, 0.6) is 0 Å². The molecule has 0 saturated carbocycles. The Morgan fingerprint density at radius 3 is 2.52 bits per heavy atom. The minimum atomic E-state index is -0.344. The summed E-state index contributed by atoms with van der Waals surface area (Å²) in [5, 5.41) is 7.03. The molecule has 0 spiro atoms. The number of carbonyl (C=O) groups is 1. The monoisotopic (exact) mass is 341 g/mol. The third-order valence-electron chi connectivity index (χ3n) is 3.80. The molecule has 1 aromatic heterocycles. The molecule has 1 N–H and O–H groups in total. The number of nitrogens with zero attached hydrogens (tertiary/aromatic N) is 2. The molecule has 2 aromatic carbocycles. The normalized spacial score (nSPS) is 10.7. The molecule has 6 heteroatoms. The smallest absolute Gasteiger partial charge is 0.272 e. The molecule has 3 rings (SSSR count). The van der Waals surface area contributed by atoms with E-state index in [0.29, 0.717) is 17.8 Å². The van der Waals surface area contributed by atoms with Crippen molar-refractivity contribution in [1.82, 2.24) is 15.1 Å². The number of aromatic nitrogens is 2. The molecule has 128 valence electrons. The van der Waals surface area contributed by atoms with Crippen molar-refractivity contribution in [2.75, 3.05) is 0 Å². The first-order valence-electron chi connectivity index (χ1n) is 7.93. The van der Waals surface area contributed by atoms with Gasteiger partial charge in [0.05, 0.1) is 5.69 Å². The van der Waals surface area contributed by atoms with Crippen molar-refractivity contribution in [3.05, 3.63) is 77.5 Å². The quantitative estimate of drug-likeness (QED) is 0.768. The highest BCUT2D eigenvalue weighted by Gasteiger charge is 2.15. The van der Waals surface area contributed by atoms with Crippen molar-refractivity contribution in [3.8, 4) is 11.3 Å². The predicted octanol–water partition coefficient (Wildman–Crippen LogP) is 3.78. The van der Waals surface area contributed by atoms with Crippen LogP contribution in [0.1, 0.15) is 23.0 Å². The maximum atomic E-state index is 13.5. The number of carbonyl (C=O) groups excluding carboxylic acids is 1. The van der Waals surface area contributed by atoms with Crippen LogP contribution in [0.4, 0.5) is 8.78 Å². The van der Waals surface area contributed by atoms with Gasteiger partial charge in [-0.1, -0.05) is 24.3 Å². The molecule has 0 fully saturated rings. The van der Waals surface area contributed by atoms with Crippen LogP contribution in [0.2, 0.25) is 0 Å². The summed E-state index contributed by atoms with van der Waals surface area (Å²) < 4.78 is 28.0. The highest BCUT2D eigenvalue weighted by Crippen LogP contribution is 2.21. The zero-order valence-electron chi connectivity index (χ0n) is 13.7. The van der Waals surface area contributed by atoms with E-state index in [9.17, 15) is 13.6 Å². The van der Waals surface area contributed by atoms with E-state index in [-0.39, 0.29) is 29.8 Å². The summed E-state index contributed by atoms with van der Waals surface area (Å²) in [6, 6.07) is 13.7. The van der Waals surface area contributed by atoms with E-state index in [1.807, 2.05) is 6.92 Å². The van der Waals surface area contributed by atoms with Gasteiger partial charge in [-0.3, -0.25) is 9.48 Å². The van der Waals surface area contributed by atoms with E-state index in [2.05, 4.69) is 10.4 Å². The van der Waals surface area contributed by atoms with Gasteiger partial charge in [0.15, 0.2) is 5.69 Å². The van der Waals surface area contributed by atoms with Gasteiger partial charge in [0.1, 0.15) is 11.6 Å². The SMILES string of the molecule is CCn1nc(C(=O)NCc2ccc(F)cc2)cc1-c1cccc(F)c1. The first-order valence-corrected chi connectivity index (χ1v) is 7.93. The summed E-state index contributed by atoms with van der Waals surface area (Å²) in [6.45, 7) is 2.72. The molecule has 1 heterocycles. The van der Waals surface area contributed by atoms with E-state index < -0.39 is 0 Å². The summed E-state index contributed by atoms with van der Waals surface area (Å²) in [5.41, 5.74) is 2.37. The van der Waals surface area contributed by atoms with Crippen LogP contribution in [0, 0.1) is 11.6 Å². The highest BCUT2D eigenvalue weighted by molar-refractivity contribution is 5.93. The lowest BCUT2D eigenvalue weighted by Crippen LogP contribution is -2.23. The molecule has 1 amide bonds. The number of halogens is 2. The summed E-state index contributed by atoms with van der Waals surface area (Å²) in [4.78, 5) is 12.3. The van der Waals surface area contributed by atoms with E-state index >= 15 is 0 Å². The van der Waals surface area contributed by atoms with Gasteiger partial charge in [0.25, 0.3) is 5.91 Å². The molecular weight excluding hydrogens is 324 g/mol. The molecule has 0 atom stereocenters. The van der Waals surface area contributed by atoms with Gasteiger partial charge in [-0.25, -0.2) is 8.78 Å². The van der Waals surface area contributed by atoms with E-state index in [1.54, 1.807) is 35.0 Å². The zero-order valence-corrected chi connectivity index (χ0v) is 13.7. The van der Waals surface area contributed by atoms with E-state index in [0.717, 1.165) is 5.56 Å². The molecule has 0 radical (unpaired) electrons. The van der Waals surface area contributed by atoms with Crippen LogP contribution in [0.3, 0.4) is 0 Å². The van der Waals surface area contributed by atoms with Crippen molar-refractivity contribution in [2.24, 2.45) is 0 Å². The van der Waals surface area contributed by atoms with E-state index in [1.165, 1.54) is 24.3 Å². The Morgan fingerprint density at radius 2 is 1.84 bits per heavy atom. The van der Waals surface area contributed by atoms with Crippen LogP contribution in [0.25, 0.3) is 11.3 Å². The van der Waals surface area contributed by atoms with Gasteiger partial charge < -0.3 is 5.32 Å². The maximum absolute atomic E-state index is 13.5. The lowest BCUT2D eigenvalue weighted by Gasteiger charge is -2.04. The zero-order chi connectivity index (χ0) is 17.8. The fourth-order valence-corrected chi connectivity index (χ4v) is 2.52. The second-order valence-corrected chi connectivity index (χ2v) is 5.55. The maximum Gasteiger partial charge on any atom is 0.272 e. The van der Waals surface area contributed by atoms with Crippen molar-refractivity contribution in [2.45, 2.75) is 20.0 Å². The standard InChI is InChI=1S/C19H17F2N3O/c1-2-24-18(14-4-3-5-16(21)10-14)11-17(23-24)19(25)22-12-13-6-8-15(20)9-7-13/h3-11H,2,12H2,1H3,(H,22,25). The van der Waals surface area contributed by atoms with Crippen molar-refractivity contribution in [3.63, 3.8) is 0 Å². The Kier molecular flexibility index (Phi) is 4.88. The molecule has 0 aliphatic heterocycles. The highest BCUT2D eigenvalue weighted by atomic mass is 19.1. The number of aryl methyl sites for hydroxylation is 1. The molecule has 0 aliphatic rings. The Bertz CT molecular complexity index is 888. The minimum absolute atomic E-state index is 0.253. The molecule has 0 bridgehead atoms. The summed E-state index contributed by atoms with van der Waals surface area (Å²) in [7, 11) is 0. The predicted molar refractivity (Wildman–Crippen MR) is 90.9 cm³/mol. The van der Waals surface area contributed by atoms with Gasteiger partial charge in [-0.2, -0.15) is 5.10 Å². The van der Waals surface area contributed by atoms with Crippen LogP contribution < -0.4 is 5.32 Å². The second-order valence-electron chi connectivity index (χ2n) is 5.55. The van der Waals surface area contributed by atoms with Crippen molar-refractivity contribution >= 4 is 5.91 Å². The fraction of sp³-hybridized carbons (Fsp3) is 0.158. The first-order chi connectivity index (χ1) is 12.1. The lowest BCUT2D eigenvalue weighted by molar-refractivity contribution is 0.0945. The van der Waals surface area contributed by atoms with Crippen LogP contribution in [-0.2, 0) is 13.1 Å². The van der Waals surface area contributed by atoms with Gasteiger partial charge in [-0.15, -0.1) is 0 Å². The second kappa shape index (κ2) is 7.25. The topological polar surface area (TPSA) is 46.9 Å². The minimum Gasteiger partial charge on any atom is -0.347 e. The van der Waals surface area contributed by atoms with E-state index in [4.69, 9.17) is 0 Å². The average Bonchev–Trinajstić information content (AvgIpc) is 3.05. The summed E-state index contributed by atoms with van der Waals surface area (Å²) in [5.74, 6) is -1.01. The van der Waals surface area contributed by atoms with Crippen LogP contribution in [0.15, 0.2) is 54.6 Å². The number of benzene rings is 2. The Morgan fingerprint density at radius 1 is 1.08 bits per heavy atom. The van der Waals surface area contributed by atoms with Gasteiger partial charge in [-0.05, 0) is 42.8 Å². The van der Waals surface area contributed by atoms with Gasteiger partial charge >= 0.3 is 0 Å². The molecule has 0 unspecified atom stereocenters. The largest absolute Gasteiger partial charge is 0.347 e. The van der Waals surface area contributed by atoms with Crippen molar-refractivity contribution < 1.29 is 13.6 Å². The van der Waals surface area contributed by atoms with Crippen molar-refractivity contribution in [1.29, 1.82) is 0 Å². The fourth-order valence-electron chi connectivity index (χ4n) is 2.52. The molecular formula is C19H17F2N3O. The number of rotatable bonds is 5. The number of hydrogen-bond donors (Lipinski definition) is 1. The lowest BCUT2D eigenvalue weighted by atomic mass is 10.1. The molecule has 3 aromatic rings. The van der Waals surface area contributed by atoms with Crippen LogP contribution >= 0.6 is 0 Å². The average molecular weight is 341 g/mol.